The van der Waals surface area contributed by atoms with Gasteiger partial charge in [0.25, 0.3) is 23.6 Å². The smallest absolute Gasteiger partial charge is 0.269 e. The molecule has 0 atom stereocenters. The SMILES string of the molecule is O=C1C=CC(=O)N1c1ccc([I+]c2ccc(N3C(=O)C=CC3=O)cc2)cc1. The molecule has 0 unspecified atom stereocenters. The molecule has 4 amide bonds. The van der Waals surface area contributed by atoms with Crippen molar-refractivity contribution in [3.63, 3.8) is 0 Å². The molecule has 0 fully saturated rings. The molecule has 2 aliphatic heterocycles. The number of carbonyl (C=O) groups is 4. The maximum absolute atomic E-state index is 11.7. The van der Waals surface area contributed by atoms with Crippen LogP contribution in [0.3, 0.4) is 0 Å². The Kier molecular flexibility index (Phi) is 4.44. The maximum Gasteiger partial charge on any atom is 0.357 e. The van der Waals surface area contributed by atoms with Crippen molar-refractivity contribution in [2.45, 2.75) is 0 Å². The molecule has 2 aromatic carbocycles. The minimum atomic E-state index is -0.476. The van der Waals surface area contributed by atoms with E-state index in [4.69, 9.17) is 0 Å². The van der Waals surface area contributed by atoms with Crippen LogP contribution in [0.2, 0.25) is 0 Å². The quantitative estimate of drug-likeness (QED) is 0.410. The molecule has 7 heteroatoms. The van der Waals surface area contributed by atoms with Crippen LogP contribution in [0.5, 0.6) is 0 Å². The molecule has 6 nitrogen and oxygen atoms in total. The van der Waals surface area contributed by atoms with Crippen LogP contribution in [0.1, 0.15) is 0 Å². The van der Waals surface area contributed by atoms with Gasteiger partial charge in [-0.2, -0.15) is 0 Å². The summed E-state index contributed by atoms with van der Waals surface area (Å²) in [6.45, 7) is 0. The number of nitrogens with zero attached hydrogens (tertiary/aromatic N) is 2. The van der Waals surface area contributed by atoms with Crippen LogP contribution >= 0.6 is 0 Å². The summed E-state index contributed by atoms with van der Waals surface area (Å²) < 4.78 is 2.24. The van der Waals surface area contributed by atoms with E-state index < -0.39 is 21.2 Å². The minimum absolute atomic E-state index is 0.335. The molecule has 27 heavy (non-hydrogen) atoms. The van der Waals surface area contributed by atoms with Crippen molar-refractivity contribution in [3.05, 3.63) is 80.0 Å². The minimum Gasteiger partial charge on any atom is -0.269 e. The van der Waals surface area contributed by atoms with Crippen molar-refractivity contribution in [2.24, 2.45) is 0 Å². The molecule has 0 saturated heterocycles. The molecule has 4 rings (SSSR count). The normalized spacial score (nSPS) is 16.1. The second kappa shape index (κ2) is 6.92. The summed E-state index contributed by atoms with van der Waals surface area (Å²) in [5.74, 6) is -1.34. The predicted octanol–water partition coefficient (Wildman–Crippen LogP) is -1.33. The fourth-order valence-corrected chi connectivity index (χ4v) is 4.90. The highest BCUT2D eigenvalue weighted by molar-refractivity contribution is 6.28. The highest BCUT2D eigenvalue weighted by Crippen LogP contribution is 2.19. The van der Waals surface area contributed by atoms with E-state index >= 15 is 0 Å². The molecular formula is C20H12IN2O4+. The predicted molar refractivity (Wildman–Crippen MR) is 93.5 cm³/mol. The molecule has 0 spiro atoms. The summed E-state index contributed by atoms with van der Waals surface area (Å²) in [6.07, 6.45) is 5.04. The number of rotatable bonds is 4. The van der Waals surface area contributed by atoms with E-state index in [0.29, 0.717) is 11.4 Å². The molecule has 2 heterocycles. The van der Waals surface area contributed by atoms with Crippen LogP contribution in [0.25, 0.3) is 0 Å². The van der Waals surface area contributed by atoms with Crippen LogP contribution in [-0.2, 0) is 19.2 Å². The summed E-state index contributed by atoms with van der Waals surface area (Å²) in [4.78, 5) is 49.1. The van der Waals surface area contributed by atoms with Gasteiger partial charge in [0.1, 0.15) is 0 Å². The van der Waals surface area contributed by atoms with Gasteiger partial charge in [-0.15, -0.1) is 0 Å². The van der Waals surface area contributed by atoms with Crippen LogP contribution in [0.4, 0.5) is 11.4 Å². The molecule has 2 aromatic rings. The van der Waals surface area contributed by atoms with Gasteiger partial charge >= 0.3 is 21.2 Å². The number of halogens is 1. The Bertz CT molecular complexity index is 903. The largest absolute Gasteiger partial charge is 0.357 e. The molecule has 0 radical (unpaired) electrons. The Hall–Kier alpha value is -3.07. The summed E-state index contributed by atoms with van der Waals surface area (Å²) in [7, 11) is 0. The Morgan fingerprint density at radius 3 is 1.07 bits per heavy atom. The lowest BCUT2D eigenvalue weighted by molar-refractivity contribution is -0.597. The van der Waals surface area contributed by atoms with Gasteiger partial charge in [0.05, 0.1) is 11.4 Å². The molecule has 2 aliphatic rings. The van der Waals surface area contributed by atoms with Crippen molar-refractivity contribution in [3.8, 4) is 0 Å². The zero-order valence-electron chi connectivity index (χ0n) is 13.8. The topological polar surface area (TPSA) is 74.8 Å². The van der Waals surface area contributed by atoms with Gasteiger partial charge in [-0.05, 0) is 48.5 Å². The molecular weight excluding hydrogens is 459 g/mol. The van der Waals surface area contributed by atoms with Crippen molar-refractivity contribution in [1.82, 2.24) is 0 Å². The van der Waals surface area contributed by atoms with Gasteiger partial charge in [0, 0.05) is 24.3 Å². The number of hydrogen-bond acceptors (Lipinski definition) is 4. The Balaban J connectivity index is 1.47. The Morgan fingerprint density at radius 1 is 0.481 bits per heavy atom. The average molecular weight is 471 g/mol. The van der Waals surface area contributed by atoms with Crippen molar-refractivity contribution in [2.75, 3.05) is 9.80 Å². The van der Waals surface area contributed by atoms with Gasteiger partial charge in [0.2, 0.25) is 0 Å². The first-order valence-electron chi connectivity index (χ1n) is 8.00. The van der Waals surface area contributed by atoms with E-state index in [-0.39, 0.29) is 23.6 Å². The monoisotopic (exact) mass is 471 g/mol. The average Bonchev–Trinajstić information content (AvgIpc) is 3.18. The van der Waals surface area contributed by atoms with Gasteiger partial charge < -0.3 is 0 Å². The third kappa shape index (κ3) is 3.33. The van der Waals surface area contributed by atoms with Crippen LogP contribution < -0.4 is 31.0 Å². The number of anilines is 2. The van der Waals surface area contributed by atoms with Gasteiger partial charge in [0.15, 0.2) is 7.14 Å². The van der Waals surface area contributed by atoms with E-state index in [1.54, 1.807) is 24.3 Å². The maximum atomic E-state index is 11.7. The van der Waals surface area contributed by atoms with Crippen LogP contribution in [0.15, 0.2) is 72.8 Å². The molecule has 0 aromatic heterocycles. The zero-order chi connectivity index (χ0) is 19.0. The van der Waals surface area contributed by atoms with Gasteiger partial charge in [-0.3, -0.25) is 19.2 Å². The van der Waals surface area contributed by atoms with E-state index in [9.17, 15) is 19.2 Å². The molecule has 0 bridgehead atoms. The second-order valence-corrected chi connectivity index (χ2v) is 8.77. The van der Waals surface area contributed by atoms with Crippen molar-refractivity contribution < 1.29 is 40.4 Å². The lowest BCUT2D eigenvalue weighted by Crippen LogP contribution is -3.61. The standard InChI is InChI=1S/C20H12IN2O4/c24-17-9-10-18(25)22(17)15-5-1-13(2-6-15)21-14-3-7-16(8-4-14)23-19(26)11-12-20(23)27/h1-12H/q+1. The first-order valence-corrected chi connectivity index (χ1v) is 10.2. The molecule has 132 valence electrons. The third-order valence-electron chi connectivity index (χ3n) is 4.01. The fourth-order valence-electron chi connectivity index (χ4n) is 2.74. The molecule has 0 saturated carbocycles. The van der Waals surface area contributed by atoms with Gasteiger partial charge in [-0.1, -0.05) is 0 Å². The van der Waals surface area contributed by atoms with Gasteiger partial charge in [-0.25, -0.2) is 9.80 Å². The van der Waals surface area contributed by atoms with E-state index in [1.165, 1.54) is 24.3 Å². The Labute approximate surface area is 165 Å². The number of imide groups is 2. The van der Waals surface area contributed by atoms with E-state index in [2.05, 4.69) is 0 Å². The zero-order valence-corrected chi connectivity index (χ0v) is 16.0. The van der Waals surface area contributed by atoms with Crippen LogP contribution in [0, 0.1) is 7.14 Å². The Morgan fingerprint density at radius 2 is 0.778 bits per heavy atom. The number of amides is 4. The lowest BCUT2D eigenvalue weighted by atomic mass is 10.3. The number of hydrogen-bond donors (Lipinski definition) is 0. The first kappa shape index (κ1) is 17.3. The summed E-state index contributed by atoms with van der Waals surface area (Å²) in [5.41, 5.74) is 1.10. The fraction of sp³-hybridized carbons (Fsp3) is 0. The van der Waals surface area contributed by atoms with E-state index in [1.807, 2.05) is 24.3 Å². The number of carbonyl (C=O) groups excluding carboxylic acids is 4. The number of benzene rings is 2. The molecule has 0 aliphatic carbocycles. The summed E-state index contributed by atoms with van der Waals surface area (Å²) in [6, 6.07) is 14.7. The second-order valence-electron chi connectivity index (χ2n) is 5.74. The summed E-state index contributed by atoms with van der Waals surface area (Å²) in [5, 5.41) is 0. The van der Waals surface area contributed by atoms with Crippen molar-refractivity contribution >= 4 is 35.0 Å². The van der Waals surface area contributed by atoms with Crippen LogP contribution in [-0.4, -0.2) is 23.6 Å². The first-order chi connectivity index (χ1) is 13.0. The lowest BCUT2D eigenvalue weighted by Gasteiger charge is -2.13. The molecule has 0 N–H and O–H groups in total. The highest BCUT2D eigenvalue weighted by Gasteiger charge is 2.27. The summed E-state index contributed by atoms with van der Waals surface area (Å²) >= 11 is -0.476. The third-order valence-corrected chi connectivity index (χ3v) is 6.69. The van der Waals surface area contributed by atoms with E-state index in [0.717, 1.165) is 16.9 Å². The highest BCUT2D eigenvalue weighted by atomic mass is 127. The van der Waals surface area contributed by atoms with Crippen molar-refractivity contribution in [1.29, 1.82) is 0 Å².